The van der Waals surface area contributed by atoms with Crippen LogP contribution in [0.1, 0.15) is 19.5 Å². The first-order chi connectivity index (χ1) is 9.16. The van der Waals surface area contributed by atoms with Gasteiger partial charge in [-0.1, -0.05) is 6.07 Å². The predicted octanol–water partition coefficient (Wildman–Crippen LogP) is 2.46. The Hall–Kier alpha value is -2.30. The molecule has 3 N–H and O–H groups in total. The van der Waals surface area contributed by atoms with E-state index in [4.69, 9.17) is 10.5 Å². The first-order valence-electron chi connectivity index (χ1n) is 6.22. The third-order valence-electron chi connectivity index (χ3n) is 2.52. The standard InChI is InChI=1S/C14H18N4O/c1-10(2)19-13-7-3-6-12(14(13)15)16-9-11-5-4-8-17-18-11/h3-8,10,16H,9,15H2,1-2H3. The largest absolute Gasteiger partial charge is 0.489 e. The van der Waals surface area contributed by atoms with E-state index in [-0.39, 0.29) is 6.10 Å². The van der Waals surface area contributed by atoms with Crippen molar-refractivity contribution < 1.29 is 4.74 Å². The first kappa shape index (κ1) is 13.1. The predicted molar refractivity (Wildman–Crippen MR) is 76.0 cm³/mol. The summed E-state index contributed by atoms with van der Waals surface area (Å²) in [7, 11) is 0. The average Bonchev–Trinajstić information content (AvgIpc) is 2.40. The number of rotatable bonds is 5. The fraction of sp³-hybridized carbons (Fsp3) is 0.286. The number of nitrogen functional groups attached to an aromatic ring is 1. The molecular weight excluding hydrogens is 240 g/mol. The Morgan fingerprint density at radius 1 is 1.26 bits per heavy atom. The second-order valence-corrected chi connectivity index (χ2v) is 4.45. The zero-order chi connectivity index (χ0) is 13.7. The smallest absolute Gasteiger partial charge is 0.144 e. The summed E-state index contributed by atoms with van der Waals surface area (Å²) in [5, 5.41) is 11.1. The van der Waals surface area contributed by atoms with Gasteiger partial charge >= 0.3 is 0 Å². The normalized spacial score (nSPS) is 10.5. The van der Waals surface area contributed by atoms with Crippen molar-refractivity contribution in [2.24, 2.45) is 0 Å². The van der Waals surface area contributed by atoms with E-state index in [1.54, 1.807) is 6.20 Å². The lowest BCUT2D eigenvalue weighted by molar-refractivity contribution is 0.244. The number of nitrogens with one attached hydrogen (secondary N) is 1. The van der Waals surface area contributed by atoms with Gasteiger partial charge in [-0.25, -0.2) is 0 Å². The van der Waals surface area contributed by atoms with Crippen LogP contribution < -0.4 is 15.8 Å². The number of nitrogens with zero attached hydrogens (tertiary/aromatic N) is 2. The van der Waals surface area contributed by atoms with Crippen LogP contribution >= 0.6 is 0 Å². The van der Waals surface area contributed by atoms with Crippen LogP contribution in [0.25, 0.3) is 0 Å². The Labute approximate surface area is 112 Å². The third-order valence-corrected chi connectivity index (χ3v) is 2.52. The molecule has 0 bridgehead atoms. The van der Waals surface area contributed by atoms with Crippen molar-refractivity contribution in [2.45, 2.75) is 26.5 Å². The highest BCUT2D eigenvalue weighted by Crippen LogP contribution is 2.30. The van der Waals surface area contributed by atoms with E-state index >= 15 is 0 Å². The number of anilines is 2. The van der Waals surface area contributed by atoms with Gasteiger partial charge < -0.3 is 15.8 Å². The lowest BCUT2D eigenvalue weighted by atomic mass is 10.2. The molecule has 0 fully saturated rings. The molecule has 0 aliphatic rings. The SMILES string of the molecule is CC(C)Oc1cccc(NCc2cccnn2)c1N. The molecule has 0 saturated carbocycles. The maximum atomic E-state index is 6.07. The first-order valence-corrected chi connectivity index (χ1v) is 6.22. The lowest BCUT2D eigenvalue weighted by Crippen LogP contribution is -2.09. The maximum absolute atomic E-state index is 6.07. The summed E-state index contributed by atoms with van der Waals surface area (Å²) in [5.74, 6) is 0.694. The quantitative estimate of drug-likeness (QED) is 0.806. The van der Waals surface area contributed by atoms with Crippen LogP contribution in [0.5, 0.6) is 5.75 Å². The Balaban J connectivity index is 2.08. The molecule has 0 amide bonds. The summed E-state index contributed by atoms with van der Waals surface area (Å²) < 4.78 is 5.64. The summed E-state index contributed by atoms with van der Waals surface area (Å²) in [6, 6.07) is 9.45. The van der Waals surface area contributed by atoms with E-state index < -0.39 is 0 Å². The number of hydrogen-bond donors (Lipinski definition) is 2. The van der Waals surface area contributed by atoms with Crippen molar-refractivity contribution >= 4 is 11.4 Å². The van der Waals surface area contributed by atoms with Crippen LogP contribution in [0.2, 0.25) is 0 Å². The minimum absolute atomic E-state index is 0.0949. The second kappa shape index (κ2) is 6.04. The second-order valence-electron chi connectivity index (χ2n) is 4.45. The van der Waals surface area contributed by atoms with Crippen LogP contribution in [-0.2, 0) is 6.54 Å². The van der Waals surface area contributed by atoms with Gasteiger partial charge in [0.2, 0.25) is 0 Å². The number of hydrogen-bond acceptors (Lipinski definition) is 5. The summed E-state index contributed by atoms with van der Waals surface area (Å²) >= 11 is 0. The van der Waals surface area contributed by atoms with Gasteiger partial charge in [-0.3, -0.25) is 0 Å². The monoisotopic (exact) mass is 258 g/mol. The molecule has 1 aromatic carbocycles. The fourth-order valence-electron chi connectivity index (χ4n) is 1.67. The molecule has 0 atom stereocenters. The van der Waals surface area contributed by atoms with Gasteiger partial charge in [0.25, 0.3) is 0 Å². The van der Waals surface area contributed by atoms with Crippen molar-refractivity contribution in [1.82, 2.24) is 10.2 Å². The highest BCUT2D eigenvalue weighted by Gasteiger charge is 2.07. The van der Waals surface area contributed by atoms with E-state index in [1.165, 1.54) is 0 Å². The van der Waals surface area contributed by atoms with E-state index in [0.717, 1.165) is 11.4 Å². The molecule has 1 heterocycles. The molecule has 0 aliphatic heterocycles. The molecule has 5 heteroatoms. The van der Waals surface area contributed by atoms with Crippen LogP contribution in [0.15, 0.2) is 36.5 Å². The molecule has 0 spiro atoms. The summed E-state index contributed by atoms with van der Waals surface area (Å²) in [5.41, 5.74) is 8.38. The van der Waals surface area contributed by atoms with Gasteiger partial charge in [0.05, 0.1) is 29.7 Å². The molecule has 2 rings (SSSR count). The summed E-state index contributed by atoms with van der Waals surface area (Å²) in [4.78, 5) is 0. The molecule has 5 nitrogen and oxygen atoms in total. The van der Waals surface area contributed by atoms with Crippen LogP contribution in [0.4, 0.5) is 11.4 Å². The zero-order valence-corrected chi connectivity index (χ0v) is 11.1. The van der Waals surface area contributed by atoms with E-state index in [1.807, 2.05) is 44.2 Å². The zero-order valence-electron chi connectivity index (χ0n) is 11.1. The van der Waals surface area contributed by atoms with Crippen LogP contribution in [0.3, 0.4) is 0 Å². The lowest BCUT2D eigenvalue weighted by Gasteiger charge is -2.15. The minimum atomic E-state index is 0.0949. The average molecular weight is 258 g/mol. The molecule has 19 heavy (non-hydrogen) atoms. The van der Waals surface area contributed by atoms with E-state index in [2.05, 4.69) is 15.5 Å². The molecule has 1 aromatic heterocycles. The molecule has 0 aliphatic carbocycles. The van der Waals surface area contributed by atoms with Gasteiger partial charge in [0, 0.05) is 6.20 Å². The van der Waals surface area contributed by atoms with Crippen molar-refractivity contribution in [2.75, 3.05) is 11.1 Å². The summed E-state index contributed by atoms with van der Waals surface area (Å²) in [6.45, 7) is 4.52. The van der Waals surface area contributed by atoms with Crippen molar-refractivity contribution in [1.29, 1.82) is 0 Å². The molecule has 0 saturated heterocycles. The van der Waals surface area contributed by atoms with Gasteiger partial charge in [0.15, 0.2) is 0 Å². The molecular formula is C14H18N4O. The highest BCUT2D eigenvalue weighted by molar-refractivity contribution is 5.72. The highest BCUT2D eigenvalue weighted by atomic mass is 16.5. The third kappa shape index (κ3) is 3.58. The van der Waals surface area contributed by atoms with Crippen LogP contribution in [-0.4, -0.2) is 16.3 Å². The number of ether oxygens (including phenoxy) is 1. The van der Waals surface area contributed by atoms with Gasteiger partial charge in [-0.05, 0) is 38.1 Å². The minimum Gasteiger partial charge on any atom is -0.489 e. The number of aromatic nitrogens is 2. The fourth-order valence-corrected chi connectivity index (χ4v) is 1.67. The van der Waals surface area contributed by atoms with E-state index in [9.17, 15) is 0 Å². The Bertz CT molecular complexity index is 528. The van der Waals surface area contributed by atoms with Crippen molar-refractivity contribution in [3.63, 3.8) is 0 Å². The van der Waals surface area contributed by atoms with Gasteiger partial charge in [0.1, 0.15) is 5.75 Å². The Morgan fingerprint density at radius 3 is 2.79 bits per heavy atom. The summed E-state index contributed by atoms with van der Waals surface area (Å²) in [6.07, 6.45) is 1.74. The maximum Gasteiger partial charge on any atom is 0.144 e. The number of nitrogens with two attached hydrogens (primary N) is 1. The van der Waals surface area contributed by atoms with Crippen LogP contribution in [0, 0.1) is 0 Å². The van der Waals surface area contributed by atoms with Crippen molar-refractivity contribution in [3.05, 3.63) is 42.2 Å². The Morgan fingerprint density at radius 2 is 2.11 bits per heavy atom. The van der Waals surface area contributed by atoms with Gasteiger partial charge in [-0.15, -0.1) is 0 Å². The molecule has 100 valence electrons. The molecule has 0 radical (unpaired) electrons. The van der Waals surface area contributed by atoms with Crippen molar-refractivity contribution in [3.8, 4) is 5.75 Å². The number of para-hydroxylation sites is 1. The topological polar surface area (TPSA) is 73.1 Å². The molecule has 0 unspecified atom stereocenters. The molecule has 2 aromatic rings. The van der Waals surface area contributed by atoms with Gasteiger partial charge in [-0.2, -0.15) is 10.2 Å². The van der Waals surface area contributed by atoms with E-state index in [0.29, 0.717) is 18.0 Å². The Kier molecular flexibility index (Phi) is 4.18. The number of benzene rings is 1.